The summed E-state index contributed by atoms with van der Waals surface area (Å²) < 4.78 is 65.2. The largest absolute Gasteiger partial charge is 0.573 e. The molecular formula is C13H14F3NO4S. The highest BCUT2D eigenvalue weighted by atomic mass is 32.2. The van der Waals surface area contributed by atoms with Gasteiger partial charge in [0.1, 0.15) is 5.75 Å². The third kappa shape index (κ3) is 3.90. The lowest BCUT2D eigenvalue weighted by Gasteiger charge is -2.28. The molecule has 2 rings (SSSR count). The van der Waals surface area contributed by atoms with Gasteiger partial charge in [0.05, 0.1) is 10.1 Å². The zero-order chi connectivity index (χ0) is 16.4. The molecule has 0 atom stereocenters. The van der Waals surface area contributed by atoms with Crippen LogP contribution in [0.1, 0.15) is 12.8 Å². The van der Waals surface area contributed by atoms with Crippen LogP contribution in [0, 0.1) is 0 Å². The lowest BCUT2D eigenvalue weighted by atomic mass is 10.1. The molecule has 1 aromatic carbocycles. The number of halogens is 3. The average Bonchev–Trinajstić information content (AvgIpc) is 2.46. The standard InChI is InChI=1S/C13H14F3NO4S/c14-13(15,16)21-10-2-1-3-12(8-10)22(19,20)11-4-6-17(9-18)7-5-11/h1-3,8-9,11H,4-7H2. The molecule has 1 amide bonds. The highest BCUT2D eigenvalue weighted by Gasteiger charge is 2.33. The molecule has 122 valence electrons. The normalized spacial score (nSPS) is 17.3. The molecule has 0 aliphatic carbocycles. The molecule has 0 N–H and O–H groups in total. The molecule has 5 nitrogen and oxygen atoms in total. The highest BCUT2D eigenvalue weighted by Crippen LogP contribution is 2.29. The Morgan fingerprint density at radius 1 is 1.23 bits per heavy atom. The van der Waals surface area contributed by atoms with Crippen LogP contribution in [0.4, 0.5) is 13.2 Å². The number of carbonyl (C=O) groups excluding carboxylic acids is 1. The van der Waals surface area contributed by atoms with Gasteiger partial charge in [-0.2, -0.15) is 0 Å². The van der Waals surface area contributed by atoms with Crippen molar-refractivity contribution in [2.24, 2.45) is 0 Å². The molecule has 0 saturated carbocycles. The van der Waals surface area contributed by atoms with Crippen LogP contribution in [-0.2, 0) is 14.6 Å². The molecule has 0 unspecified atom stereocenters. The van der Waals surface area contributed by atoms with E-state index in [0.717, 1.165) is 12.1 Å². The molecule has 1 aliphatic rings. The maximum absolute atomic E-state index is 12.5. The monoisotopic (exact) mass is 337 g/mol. The first-order valence-corrected chi connectivity index (χ1v) is 8.06. The van der Waals surface area contributed by atoms with Crippen LogP contribution in [0.2, 0.25) is 0 Å². The minimum Gasteiger partial charge on any atom is -0.406 e. The molecule has 22 heavy (non-hydrogen) atoms. The maximum Gasteiger partial charge on any atom is 0.573 e. The van der Waals surface area contributed by atoms with E-state index in [-0.39, 0.29) is 17.7 Å². The average molecular weight is 337 g/mol. The predicted molar refractivity (Wildman–Crippen MR) is 71.0 cm³/mol. The van der Waals surface area contributed by atoms with Crippen LogP contribution in [-0.4, -0.2) is 44.4 Å². The summed E-state index contributed by atoms with van der Waals surface area (Å²) in [5.74, 6) is -0.570. The van der Waals surface area contributed by atoms with Crippen molar-refractivity contribution in [2.45, 2.75) is 29.3 Å². The number of sulfone groups is 1. The summed E-state index contributed by atoms with van der Waals surface area (Å²) >= 11 is 0. The number of hydrogen-bond acceptors (Lipinski definition) is 4. The van der Waals surface area contributed by atoms with E-state index in [4.69, 9.17) is 0 Å². The summed E-state index contributed by atoms with van der Waals surface area (Å²) in [5, 5.41) is -0.718. The Bertz CT molecular complexity index is 637. The summed E-state index contributed by atoms with van der Waals surface area (Å²) in [6.07, 6.45) is -3.71. The van der Waals surface area contributed by atoms with Crippen molar-refractivity contribution in [3.63, 3.8) is 0 Å². The van der Waals surface area contributed by atoms with Gasteiger partial charge < -0.3 is 9.64 Å². The zero-order valence-corrected chi connectivity index (χ0v) is 12.2. The second-order valence-corrected chi connectivity index (χ2v) is 7.14. The quantitative estimate of drug-likeness (QED) is 0.788. The van der Waals surface area contributed by atoms with Crippen molar-refractivity contribution in [1.29, 1.82) is 0 Å². The minimum absolute atomic E-state index is 0.209. The first kappa shape index (κ1) is 16.6. The van der Waals surface area contributed by atoms with Gasteiger partial charge in [0.2, 0.25) is 6.41 Å². The fourth-order valence-corrected chi connectivity index (χ4v) is 4.10. The predicted octanol–water partition coefficient (Wildman–Crippen LogP) is 1.98. The van der Waals surface area contributed by atoms with Crippen molar-refractivity contribution in [3.8, 4) is 5.75 Å². The number of ether oxygens (including phenoxy) is 1. The van der Waals surface area contributed by atoms with Gasteiger partial charge >= 0.3 is 6.36 Å². The molecular weight excluding hydrogens is 323 g/mol. The minimum atomic E-state index is -4.88. The number of alkyl halides is 3. The molecule has 0 spiro atoms. The van der Waals surface area contributed by atoms with Crippen LogP contribution in [0.15, 0.2) is 29.2 Å². The highest BCUT2D eigenvalue weighted by molar-refractivity contribution is 7.92. The van der Waals surface area contributed by atoms with Crippen LogP contribution in [0.3, 0.4) is 0 Å². The number of hydrogen-bond donors (Lipinski definition) is 0. The SMILES string of the molecule is O=CN1CCC(S(=O)(=O)c2cccc(OC(F)(F)F)c2)CC1. The Hall–Kier alpha value is -1.77. The molecule has 1 aromatic rings. The van der Waals surface area contributed by atoms with Crippen molar-refractivity contribution in [2.75, 3.05) is 13.1 Å². The van der Waals surface area contributed by atoms with Gasteiger partial charge in [-0.1, -0.05) is 6.07 Å². The first-order chi connectivity index (χ1) is 10.2. The molecule has 0 radical (unpaired) electrons. The smallest absolute Gasteiger partial charge is 0.406 e. The van der Waals surface area contributed by atoms with Crippen molar-refractivity contribution in [1.82, 2.24) is 4.90 Å². The third-order valence-corrected chi connectivity index (χ3v) is 5.69. The summed E-state index contributed by atoms with van der Waals surface area (Å²) in [6, 6.07) is 4.36. The third-order valence-electron chi connectivity index (χ3n) is 3.43. The molecule has 9 heteroatoms. The van der Waals surface area contributed by atoms with E-state index in [0.29, 0.717) is 19.5 Å². The summed E-state index contributed by atoms with van der Waals surface area (Å²) in [4.78, 5) is 11.9. The van der Waals surface area contributed by atoms with Crippen molar-refractivity contribution in [3.05, 3.63) is 24.3 Å². The number of benzene rings is 1. The lowest BCUT2D eigenvalue weighted by molar-refractivity contribution is -0.274. The molecule has 1 fully saturated rings. The number of rotatable bonds is 4. The number of amides is 1. The summed E-state index contributed by atoms with van der Waals surface area (Å²) in [6.45, 7) is 0.623. The first-order valence-electron chi connectivity index (χ1n) is 6.51. The molecule has 0 bridgehead atoms. The number of likely N-dealkylation sites (tertiary alicyclic amines) is 1. The van der Waals surface area contributed by atoms with Gasteiger partial charge in [0.25, 0.3) is 0 Å². The molecule has 1 aliphatic heterocycles. The van der Waals surface area contributed by atoms with Gasteiger partial charge in [-0.3, -0.25) is 4.79 Å². The Labute approximate surface area is 125 Å². The number of piperidine rings is 1. The van der Waals surface area contributed by atoms with Gasteiger partial charge in [0, 0.05) is 13.1 Å². The number of nitrogens with zero attached hydrogens (tertiary/aromatic N) is 1. The van der Waals surface area contributed by atoms with Crippen LogP contribution in [0.25, 0.3) is 0 Å². The molecule has 0 aromatic heterocycles. The summed E-state index contributed by atoms with van der Waals surface area (Å²) in [7, 11) is -3.76. The van der Waals surface area contributed by atoms with Gasteiger partial charge in [0.15, 0.2) is 9.84 Å². The van der Waals surface area contributed by atoms with E-state index in [1.807, 2.05) is 0 Å². The van der Waals surface area contributed by atoms with E-state index in [1.54, 1.807) is 0 Å². The molecule has 1 heterocycles. The second kappa shape index (κ2) is 6.15. The van der Waals surface area contributed by atoms with Crippen molar-refractivity contribution < 1.29 is 31.1 Å². The summed E-state index contributed by atoms with van der Waals surface area (Å²) in [5.41, 5.74) is 0. The Morgan fingerprint density at radius 2 is 1.86 bits per heavy atom. The van der Waals surface area contributed by atoms with E-state index in [2.05, 4.69) is 4.74 Å². The van der Waals surface area contributed by atoms with Gasteiger partial charge in [-0.25, -0.2) is 8.42 Å². The maximum atomic E-state index is 12.5. The molecule has 1 saturated heterocycles. The van der Waals surface area contributed by atoms with E-state index < -0.39 is 27.2 Å². The van der Waals surface area contributed by atoms with Crippen LogP contribution < -0.4 is 4.74 Å². The van der Waals surface area contributed by atoms with E-state index >= 15 is 0 Å². The lowest BCUT2D eigenvalue weighted by Crippen LogP contribution is -2.38. The fourth-order valence-electron chi connectivity index (χ4n) is 2.33. The van der Waals surface area contributed by atoms with Crippen molar-refractivity contribution >= 4 is 16.2 Å². The van der Waals surface area contributed by atoms with Gasteiger partial charge in [-0.15, -0.1) is 13.2 Å². The Kier molecular flexibility index (Phi) is 4.64. The number of carbonyl (C=O) groups is 1. The van der Waals surface area contributed by atoms with Gasteiger partial charge in [-0.05, 0) is 31.0 Å². The van der Waals surface area contributed by atoms with Crippen LogP contribution in [0.5, 0.6) is 5.75 Å². The second-order valence-electron chi connectivity index (χ2n) is 4.91. The Balaban J connectivity index is 2.19. The Morgan fingerprint density at radius 3 is 2.41 bits per heavy atom. The van der Waals surface area contributed by atoms with E-state index in [9.17, 15) is 26.4 Å². The zero-order valence-electron chi connectivity index (χ0n) is 11.4. The fraction of sp³-hybridized carbons (Fsp3) is 0.462. The van der Waals surface area contributed by atoms with Crippen LogP contribution >= 0.6 is 0 Å². The topological polar surface area (TPSA) is 63.7 Å². The van der Waals surface area contributed by atoms with E-state index in [1.165, 1.54) is 17.0 Å².